The summed E-state index contributed by atoms with van der Waals surface area (Å²) in [4.78, 5) is 23.9. The maximum absolute atomic E-state index is 12.5. The van der Waals surface area contributed by atoms with Gasteiger partial charge in [0.1, 0.15) is 0 Å². The van der Waals surface area contributed by atoms with E-state index in [1.807, 2.05) is 0 Å². The lowest BCUT2D eigenvalue weighted by atomic mass is 9.98. The molecule has 1 saturated heterocycles. The Labute approximate surface area is 142 Å². The van der Waals surface area contributed by atoms with Gasteiger partial charge in [-0.3, -0.25) is 9.59 Å². The minimum Gasteiger partial charge on any atom is -0.366 e. The number of carbonyl (C=O) groups is 2. The smallest absolute Gasteiger partial charge is 0.249 e. The number of nitrogens with two attached hydrogens (primary N) is 1. The number of hydrogen-bond donors (Lipinski definition) is 2. The fraction of sp³-hybridized carbons (Fsp3) is 0.500. The Morgan fingerprint density at radius 2 is 2.08 bits per heavy atom. The highest BCUT2D eigenvalue weighted by molar-refractivity contribution is 7.89. The zero-order chi connectivity index (χ0) is 17.9. The number of nitrogens with one attached hydrogen (secondary N) is 1. The summed E-state index contributed by atoms with van der Waals surface area (Å²) in [5.74, 6) is -1.17. The topological polar surface area (TPSA) is 110 Å². The molecule has 132 valence electrons. The molecular formula is C16H23N3O4S. The highest BCUT2D eigenvalue weighted by Crippen LogP contribution is 2.23. The Morgan fingerprint density at radius 1 is 1.38 bits per heavy atom. The van der Waals surface area contributed by atoms with Crippen LogP contribution in [0.1, 0.15) is 35.7 Å². The zero-order valence-electron chi connectivity index (χ0n) is 13.9. The molecule has 1 heterocycles. The molecule has 3 N–H and O–H groups in total. The standard InChI is InChI=1S/C16H23N3O4S/c1-3-24(22,23)19-9-5-6-12(10-19)16(21)18-14-8-4-7-13(11(14)2)15(17)20/h4,7-8,12H,3,5-6,9-10H2,1-2H3,(H2,17,20)(H,18,21). The normalized spacial score (nSPS) is 19.0. The Morgan fingerprint density at radius 3 is 2.71 bits per heavy atom. The second kappa shape index (κ2) is 7.31. The first-order valence-electron chi connectivity index (χ1n) is 7.94. The Bertz CT molecular complexity index is 746. The lowest BCUT2D eigenvalue weighted by Gasteiger charge is -2.31. The van der Waals surface area contributed by atoms with Crippen LogP contribution in [0.5, 0.6) is 0 Å². The molecule has 7 nitrogen and oxygen atoms in total. The van der Waals surface area contributed by atoms with Crippen LogP contribution in [0.2, 0.25) is 0 Å². The van der Waals surface area contributed by atoms with Crippen LogP contribution < -0.4 is 11.1 Å². The first-order valence-corrected chi connectivity index (χ1v) is 9.55. The van der Waals surface area contributed by atoms with Crippen molar-refractivity contribution in [3.8, 4) is 0 Å². The molecule has 0 bridgehead atoms. The van der Waals surface area contributed by atoms with Gasteiger partial charge in [0, 0.05) is 24.3 Å². The average Bonchev–Trinajstić information content (AvgIpc) is 2.56. The van der Waals surface area contributed by atoms with E-state index >= 15 is 0 Å². The molecular weight excluding hydrogens is 330 g/mol. The molecule has 0 radical (unpaired) electrons. The molecule has 1 aliphatic heterocycles. The van der Waals surface area contributed by atoms with Crippen molar-refractivity contribution in [2.75, 3.05) is 24.2 Å². The third-order valence-electron chi connectivity index (χ3n) is 4.37. The van der Waals surface area contributed by atoms with E-state index in [4.69, 9.17) is 5.73 Å². The molecule has 8 heteroatoms. The molecule has 0 aromatic heterocycles. The van der Waals surface area contributed by atoms with Crippen molar-refractivity contribution in [1.29, 1.82) is 0 Å². The van der Waals surface area contributed by atoms with Crippen LogP contribution >= 0.6 is 0 Å². The first-order chi connectivity index (χ1) is 11.3. The molecule has 0 aliphatic carbocycles. The van der Waals surface area contributed by atoms with Crippen molar-refractivity contribution in [2.45, 2.75) is 26.7 Å². The van der Waals surface area contributed by atoms with Crippen LogP contribution in [-0.2, 0) is 14.8 Å². The average molecular weight is 353 g/mol. The minimum atomic E-state index is -3.29. The SMILES string of the molecule is CCS(=O)(=O)N1CCCC(C(=O)Nc2cccc(C(N)=O)c2C)C1. The quantitative estimate of drug-likeness (QED) is 0.826. The van der Waals surface area contributed by atoms with Crippen LogP contribution in [0.4, 0.5) is 5.69 Å². The van der Waals surface area contributed by atoms with Gasteiger partial charge in [-0.25, -0.2) is 12.7 Å². The Hall–Kier alpha value is -1.93. The molecule has 24 heavy (non-hydrogen) atoms. The lowest BCUT2D eigenvalue weighted by molar-refractivity contribution is -0.120. The van der Waals surface area contributed by atoms with E-state index in [1.54, 1.807) is 32.0 Å². The van der Waals surface area contributed by atoms with Crippen molar-refractivity contribution >= 4 is 27.5 Å². The second-order valence-corrected chi connectivity index (χ2v) is 8.19. The van der Waals surface area contributed by atoms with E-state index in [2.05, 4.69) is 5.32 Å². The summed E-state index contributed by atoms with van der Waals surface area (Å²) in [6.07, 6.45) is 1.29. The monoisotopic (exact) mass is 353 g/mol. The summed E-state index contributed by atoms with van der Waals surface area (Å²) < 4.78 is 25.4. The van der Waals surface area contributed by atoms with Crippen molar-refractivity contribution in [3.63, 3.8) is 0 Å². The first kappa shape index (κ1) is 18.4. The van der Waals surface area contributed by atoms with Gasteiger partial charge in [0.25, 0.3) is 0 Å². The van der Waals surface area contributed by atoms with Crippen LogP contribution in [0, 0.1) is 12.8 Å². The van der Waals surface area contributed by atoms with Crippen molar-refractivity contribution in [2.24, 2.45) is 11.7 Å². The largest absolute Gasteiger partial charge is 0.366 e. The van der Waals surface area contributed by atoms with Crippen LogP contribution in [0.3, 0.4) is 0 Å². The summed E-state index contributed by atoms with van der Waals surface area (Å²) in [6.45, 7) is 3.95. The summed E-state index contributed by atoms with van der Waals surface area (Å²) in [5.41, 5.74) is 6.79. The third-order valence-corrected chi connectivity index (χ3v) is 6.22. The Balaban J connectivity index is 2.13. The van der Waals surface area contributed by atoms with E-state index in [1.165, 1.54) is 4.31 Å². The minimum absolute atomic E-state index is 0.0289. The van der Waals surface area contributed by atoms with Gasteiger partial charge in [0.05, 0.1) is 11.7 Å². The molecule has 2 rings (SSSR count). The van der Waals surface area contributed by atoms with Gasteiger partial charge in [-0.1, -0.05) is 6.07 Å². The zero-order valence-corrected chi connectivity index (χ0v) is 14.7. The van der Waals surface area contributed by atoms with Gasteiger partial charge in [0.2, 0.25) is 21.8 Å². The van der Waals surface area contributed by atoms with E-state index in [0.717, 1.165) is 0 Å². The van der Waals surface area contributed by atoms with Gasteiger partial charge in [-0.15, -0.1) is 0 Å². The van der Waals surface area contributed by atoms with Crippen molar-refractivity contribution < 1.29 is 18.0 Å². The van der Waals surface area contributed by atoms with Gasteiger partial charge in [-0.05, 0) is 44.4 Å². The molecule has 0 saturated carbocycles. The number of anilines is 1. The summed E-state index contributed by atoms with van der Waals surface area (Å²) in [7, 11) is -3.29. The summed E-state index contributed by atoms with van der Waals surface area (Å²) >= 11 is 0. The number of sulfonamides is 1. The fourth-order valence-electron chi connectivity index (χ4n) is 2.86. The molecule has 1 aliphatic rings. The molecule has 1 fully saturated rings. The van der Waals surface area contributed by atoms with Gasteiger partial charge < -0.3 is 11.1 Å². The predicted molar refractivity (Wildman–Crippen MR) is 92.1 cm³/mol. The summed E-state index contributed by atoms with van der Waals surface area (Å²) in [5, 5.41) is 2.80. The molecule has 1 atom stereocenters. The van der Waals surface area contributed by atoms with Gasteiger partial charge >= 0.3 is 0 Å². The van der Waals surface area contributed by atoms with Crippen LogP contribution in [0.25, 0.3) is 0 Å². The Kier molecular flexibility index (Phi) is 5.61. The highest BCUT2D eigenvalue weighted by atomic mass is 32.2. The number of amides is 2. The molecule has 1 unspecified atom stereocenters. The highest BCUT2D eigenvalue weighted by Gasteiger charge is 2.31. The number of carbonyl (C=O) groups excluding carboxylic acids is 2. The second-order valence-electron chi connectivity index (χ2n) is 5.93. The number of rotatable bonds is 5. The van der Waals surface area contributed by atoms with E-state index in [-0.39, 0.29) is 18.2 Å². The third kappa shape index (κ3) is 3.93. The van der Waals surface area contributed by atoms with Gasteiger partial charge in [-0.2, -0.15) is 0 Å². The fourth-order valence-corrected chi connectivity index (χ4v) is 4.04. The maximum Gasteiger partial charge on any atom is 0.249 e. The van der Waals surface area contributed by atoms with E-state index < -0.39 is 21.8 Å². The van der Waals surface area contributed by atoms with Crippen LogP contribution in [-0.4, -0.2) is 43.4 Å². The van der Waals surface area contributed by atoms with Crippen molar-refractivity contribution in [3.05, 3.63) is 29.3 Å². The lowest BCUT2D eigenvalue weighted by Crippen LogP contribution is -2.44. The van der Waals surface area contributed by atoms with E-state index in [9.17, 15) is 18.0 Å². The summed E-state index contributed by atoms with van der Waals surface area (Å²) in [6, 6.07) is 4.95. The van der Waals surface area contributed by atoms with Crippen LogP contribution in [0.15, 0.2) is 18.2 Å². The number of nitrogens with zero attached hydrogens (tertiary/aromatic N) is 1. The van der Waals surface area contributed by atoms with E-state index in [0.29, 0.717) is 36.2 Å². The molecule has 0 spiro atoms. The predicted octanol–water partition coefficient (Wildman–Crippen LogP) is 1.09. The number of benzene rings is 1. The molecule has 2 amide bonds. The van der Waals surface area contributed by atoms with Crippen molar-refractivity contribution in [1.82, 2.24) is 4.31 Å². The number of piperidine rings is 1. The molecule has 1 aromatic carbocycles. The number of primary amides is 1. The van der Waals surface area contributed by atoms with Gasteiger partial charge in [0.15, 0.2) is 0 Å². The number of hydrogen-bond acceptors (Lipinski definition) is 4. The maximum atomic E-state index is 12.5. The molecule has 1 aromatic rings.